The fourth-order valence-corrected chi connectivity index (χ4v) is 3.13. The molecular weight excluding hydrogens is 280 g/mol. The zero-order chi connectivity index (χ0) is 15.7. The fourth-order valence-electron chi connectivity index (χ4n) is 3.13. The number of aromatic amines is 1. The first-order valence-corrected chi connectivity index (χ1v) is 7.63. The number of hydrogen-bond acceptors (Lipinski definition) is 6. The lowest BCUT2D eigenvalue weighted by Crippen LogP contribution is -2.23. The molecule has 0 bridgehead atoms. The number of aromatic nitrogens is 5. The summed E-state index contributed by atoms with van der Waals surface area (Å²) in [6.45, 7) is 6.59. The Labute approximate surface area is 129 Å². The summed E-state index contributed by atoms with van der Waals surface area (Å²) >= 11 is 0. The molecule has 1 saturated carbocycles. The van der Waals surface area contributed by atoms with Gasteiger partial charge in [-0.2, -0.15) is 5.10 Å². The molecule has 0 spiro atoms. The number of H-pyrrole nitrogens is 1. The molecule has 0 aromatic carbocycles. The van der Waals surface area contributed by atoms with E-state index in [-0.39, 0.29) is 17.9 Å². The summed E-state index contributed by atoms with van der Waals surface area (Å²) in [5.41, 5.74) is 2.05. The lowest BCUT2D eigenvalue weighted by atomic mass is 10.0. The third kappa shape index (κ3) is 2.94. The Morgan fingerprint density at radius 3 is 2.82 bits per heavy atom. The average Bonchev–Trinajstić information content (AvgIpc) is 3.11. The zero-order valence-corrected chi connectivity index (χ0v) is 13.2. The lowest BCUT2D eigenvalue weighted by Gasteiger charge is -2.17. The molecule has 3 N–H and O–H groups in total. The van der Waals surface area contributed by atoms with Gasteiger partial charge < -0.3 is 10.4 Å². The molecule has 0 amide bonds. The third-order valence-corrected chi connectivity index (χ3v) is 4.51. The summed E-state index contributed by atoms with van der Waals surface area (Å²) in [6.07, 6.45) is 2.81. The summed E-state index contributed by atoms with van der Waals surface area (Å²) in [7, 11) is 0. The molecule has 118 valence electrons. The Hall–Kier alpha value is -2.02. The van der Waals surface area contributed by atoms with Crippen LogP contribution in [0.2, 0.25) is 0 Å². The van der Waals surface area contributed by atoms with Crippen LogP contribution in [0, 0.1) is 26.7 Å². The second kappa shape index (κ2) is 6.00. The molecular formula is C15H22N6O. The van der Waals surface area contributed by atoms with Gasteiger partial charge in [0, 0.05) is 29.6 Å². The Kier molecular flexibility index (Phi) is 4.06. The molecule has 0 radical (unpaired) electrons. The number of aliphatic hydroxyl groups is 1. The molecule has 0 unspecified atom stereocenters. The highest BCUT2D eigenvalue weighted by Crippen LogP contribution is 2.37. The van der Waals surface area contributed by atoms with E-state index in [4.69, 9.17) is 0 Å². The molecule has 1 aliphatic carbocycles. The van der Waals surface area contributed by atoms with Crippen molar-refractivity contribution in [3.63, 3.8) is 0 Å². The normalized spacial score (nSPS) is 24.6. The highest BCUT2D eigenvalue weighted by Gasteiger charge is 2.35. The van der Waals surface area contributed by atoms with Gasteiger partial charge in [-0.15, -0.1) is 0 Å². The predicted molar refractivity (Wildman–Crippen MR) is 82.6 cm³/mol. The number of nitrogens with zero attached hydrogens (tertiary/aromatic N) is 4. The van der Waals surface area contributed by atoms with E-state index in [1.165, 1.54) is 6.33 Å². The van der Waals surface area contributed by atoms with Crippen LogP contribution in [-0.4, -0.2) is 42.9 Å². The topological polar surface area (TPSA) is 99.6 Å². The molecule has 2 aromatic rings. The largest absolute Gasteiger partial charge is 0.393 e. The van der Waals surface area contributed by atoms with Gasteiger partial charge in [0.1, 0.15) is 23.8 Å². The van der Waals surface area contributed by atoms with E-state index < -0.39 is 0 Å². The van der Waals surface area contributed by atoms with Crippen LogP contribution >= 0.6 is 0 Å². The van der Waals surface area contributed by atoms with Gasteiger partial charge in [0.25, 0.3) is 0 Å². The number of aliphatic hydroxyl groups excluding tert-OH is 1. The zero-order valence-electron chi connectivity index (χ0n) is 13.2. The van der Waals surface area contributed by atoms with Gasteiger partial charge in [0.2, 0.25) is 0 Å². The number of aryl methyl sites for hydroxylation is 2. The number of anilines is 1. The van der Waals surface area contributed by atoms with E-state index in [1.807, 2.05) is 20.8 Å². The summed E-state index contributed by atoms with van der Waals surface area (Å²) < 4.78 is 0. The molecule has 2 aromatic heterocycles. The maximum Gasteiger partial charge on any atom is 0.137 e. The van der Waals surface area contributed by atoms with Gasteiger partial charge in [-0.05, 0) is 33.6 Å². The first-order chi connectivity index (χ1) is 10.5. The summed E-state index contributed by atoms with van der Waals surface area (Å²) in [5, 5.41) is 20.5. The maximum atomic E-state index is 10.3. The number of rotatable bonds is 4. The monoisotopic (exact) mass is 302 g/mol. The third-order valence-electron chi connectivity index (χ3n) is 4.51. The van der Waals surface area contributed by atoms with E-state index in [9.17, 15) is 5.11 Å². The molecule has 0 saturated heterocycles. The summed E-state index contributed by atoms with van der Waals surface area (Å²) in [6, 6.07) is 0. The van der Waals surface area contributed by atoms with E-state index in [0.29, 0.717) is 6.54 Å². The Morgan fingerprint density at radius 2 is 2.09 bits per heavy atom. The summed E-state index contributed by atoms with van der Waals surface area (Å²) in [4.78, 5) is 13.0. The van der Waals surface area contributed by atoms with Crippen LogP contribution in [0.3, 0.4) is 0 Å². The minimum absolute atomic E-state index is 0.185. The highest BCUT2D eigenvalue weighted by molar-refractivity contribution is 5.45. The second-order valence-corrected chi connectivity index (χ2v) is 6.08. The van der Waals surface area contributed by atoms with E-state index in [2.05, 4.69) is 30.5 Å². The molecule has 7 heteroatoms. The van der Waals surface area contributed by atoms with Crippen molar-refractivity contribution in [2.24, 2.45) is 5.92 Å². The lowest BCUT2D eigenvalue weighted by molar-refractivity contribution is 0.137. The van der Waals surface area contributed by atoms with Gasteiger partial charge in [-0.25, -0.2) is 15.0 Å². The van der Waals surface area contributed by atoms with Gasteiger partial charge in [-0.1, -0.05) is 0 Å². The Morgan fingerprint density at radius 1 is 1.27 bits per heavy atom. The number of nitrogens with one attached hydrogen (secondary N) is 2. The Balaban J connectivity index is 1.65. The minimum Gasteiger partial charge on any atom is -0.393 e. The standard InChI is InChI=1S/C15H22N6O/c1-8-9(2)19-10(3)20-14(8)16-6-12-4-11(5-13(12)22)15-17-7-18-21-15/h7,11-13,22H,4-6H2,1-3H3,(H,16,19,20)(H,17,18,21)/t11-,12+,13+/m1/s1. The quantitative estimate of drug-likeness (QED) is 0.791. The van der Waals surface area contributed by atoms with Crippen LogP contribution in [0.4, 0.5) is 5.82 Å². The molecule has 0 aliphatic heterocycles. The van der Waals surface area contributed by atoms with Crippen LogP contribution < -0.4 is 5.32 Å². The first-order valence-electron chi connectivity index (χ1n) is 7.63. The van der Waals surface area contributed by atoms with E-state index in [0.717, 1.165) is 41.6 Å². The van der Waals surface area contributed by atoms with Crippen molar-refractivity contribution in [1.29, 1.82) is 0 Å². The van der Waals surface area contributed by atoms with Crippen molar-refractivity contribution in [2.45, 2.75) is 45.6 Å². The van der Waals surface area contributed by atoms with Crippen LogP contribution in [-0.2, 0) is 0 Å². The van der Waals surface area contributed by atoms with Crippen molar-refractivity contribution >= 4 is 5.82 Å². The van der Waals surface area contributed by atoms with Crippen LogP contribution in [0.15, 0.2) is 6.33 Å². The molecule has 22 heavy (non-hydrogen) atoms. The predicted octanol–water partition coefficient (Wildman–Crippen LogP) is 1.49. The van der Waals surface area contributed by atoms with Crippen molar-refractivity contribution in [3.8, 4) is 0 Å². The van der Waals surface area contributed by atoms with E-state index >= 15 is 0 Å². The van der Waals surface area contributed by atoms with Gasteiger partial charge in [0.15, 0.2) is 0 Å². The SMILES string of the molecule is Cc1nc(C)c(C)c(NC[C@@H]2C[C@@H](c3ncn[nH]3)C[C@@H]2O)n1. The minimum atomic E-state index is -0.327. The van der Waals surface area contributed by atoms with Gasteiger partial charge >= 0.3 is 0 Å². The molecule has 1 fully saturated rings. The molecule has 2 heterocycles. The van der Waals surface area contributed by atoms with Crippen LogP contribution in [0.25, 0.3) is 0 Å². The molecule has 7 nitrogen and oxygen atoms in total. The molecule has 3 rings (SSSR count). The van der Waals surface area contributed by atoms with Crippen LogP contribution in [0.1, 0.15) is 41.7 Å². The first kappa shape index (κ1) is 14.9. The van der Waals surface area contributed by atoms with Crippen molar-refractivity contribution in [3.05, 3.63) is 29.2 Å². The van der Waals surface area contributed by atoms with Gasteiger partial charge in [0.05, 0.1) is 6.10 Å². The summed E-state index contributed by atoms with van der Waals surface area (Å²) in [5.74, 6) is 2.92. The van der Waals surface area contributed by atoms with Crippen molar-refractivity contribution in [2.75, 3.05) is 11.9 Å². The fraction of sp³-hybridized carbons (Fsp3) is 0.600. The Bertz CT molecular complexity index is 642. The van der Waals surface area contributed by atoms with Crippen molar-refractivity contribution in [1.82, 2.24) is 25.1 Å². The second-order valence-electron chi connectivity index (χ2n) is 6.08. The van der Waals surface area contributed by atoms with Crippen molar-refractivity contribution < 1.29 is 5.11 Å². The molecule has 1 aliphatic rings. The average molecular weight is 302 g/mol. The van der Waals surface area contributed by atoms with Gasteiger partial charge in [-0.3, -0.25) is 5.10 Å². The smallest absolute Gasteiger partial charge is 0.137 e. The molecule has 3 atom stereocenters. The number of hydrogen-bond donors (Lipinski definition) is 3. The van der Waals surface area contributed by atoms with Crippen LogP contribution in [0.5, 0.6) is 0 Å². The van der Waals surface area contributed by atoms with E-state index in [1.54, 1.807) is 0 Å². The highest BCUT2D eigenvalue weighted by atomic mass is 16.3. The maximum absolute atomic E-state index is 10.3.